The minimum atomic E-state index is -0.211. The fourth-order valence-electron chi connectivity index (χ4n) is 0.203. The van der Waals surface area contributed by atoms with Crippen molar-refractivity contribution in [3.05, 3.63) is 7.43 Å². The maximum Gasteiger partial charge on any atom is 0.302 e. The summed E-state index contributed by atoms with van der Waals surface area (Å²) in [5.41, 5.74) is 0. The lowest BCUT2D eigenvalue weighted by Crippen LogP contribution is -1.95. The van der Waals surface area contributed by atoms with Crippen molar-refractivity contribution in [1.29, 1.82) is 0 Å². The molecule has 0 aromatic carbocycles. The van der Waals surface area contributed by atoms with E-state index in [4.69, 9.17) is 0 Å². The van der Waals surface area contributed by atoms with Gasteiger partial charge in [-0.3, -0.25) is 4.79 Å². The molecule has 0 amide bonds. The standard InChI is InChI=1S/C4H8O2.C.4ClH/c1-3-6-4(2)5;;;;;/h3H2,1-2H3;;4*1H. The highest BCUT2D eigenvalue weighted by Gasteiger charge is 1.81. The minimum absolute atomic E-state index is 0. The molecule has 11 heavy (non-hydrogen) atoms. The van der Waals surface area contributed by atoms with Crippen LogP contribution in [0, 0.1) is 7.43 Å². The van der Waals surface area contributed by atoms with Gasteiger partial charge in [0, 0.05) is 14.4 Å². The lowest BCUT2D eigenvalue weighted by molar-refractivity contribution is -0.140. The average molecular weight is 246 g/mol. The van der Waals surface area contributed by atoms with E-state index < -0.39 is 0 Å². The first kappa shape index (κ1) is 41.5. The van der Waals surface area contributed by atoms with Crippen LogP contribution >= 0.6 is 49.6 Å². The quantitative estimate of drug-likeness (QED) is 0.663. The molecule has 0 rings (SSSR count). The summed E-state index contributed by atoms with van der Waals surface area (Å²) in [4.78, 5) is 9.82. The highest BCUT2D eigenvalue weighted by atomic mass is 35.5. The Kier molecular flexibility index (Phi) is 117. The van der Waals surface area contributed by atoms with Gasteiger partial charge in [0.15, 0.2) is 0 Å². The maximum absolute atomic E-state index is 9.82. The molecule has 0 aromatic rings. The predicted molar refractivity (Wildman–Crippen MR) is 54.5 cm³/mol. The molecule has 72 valence electrons. The Hall–Kier alpha value is 0.630. The van der Waals surface area contributed by atoms with Crippen molar-refractivity contribution in [2.75, 3.05) is 6.61 Å². The minimum Gasteiger partial charge on any atom is -0.466 e. The number of rotatable bonds is 1. The van der Waals surface area contributed by atoms with E-state index in [1.165, 1.54) is 6.92 Å². The molecule has 0 heterocycles. The van der Waals surface area contributed by atoms with E-state index >= 15 is 0 Å². The molecule has 0 aliphatic rings. The summed E-state index contributed by atoms with van der Waals surface area (Å²) in [6.45, 7) is 3.65. The van der Waals surface area contributed by atoms with E-state index in [0.717, 1.165) is 0 Å². The molecule has 0 saturated carbocycles. The van der Waals surface area contributed by atoms with Crippen LogP contribution in [0.4, 0.5) is 0 Å². The summed E-state index contributed by atoms with van der Waals surface area (Å²) in [5.74, 6) is -0.211. The van der Waals surface area contributed by atoms with E-state index in [1.807, 2.05) is 0 Å². The van der Waals surface area contributed by atoms with Gasteiger partial charge in [-0.15, -0.1) is 49.6 Å². The maximum atomic E-state index is 9.82. The molecule has 0 aliphatic carbocycles. The third-order valence-corrected chi connectivity index (χ3v) is 0.348. The normalized spacial score (nSPS) is 4.18. The number of hydrogen-bond donors (Lipinski definition) is 0. The van der Waals surface area contributed by atoms with Gasteiger partial charge in [0.1, 0.15) is 0 Å². The second kappa shape index (κ2) is 31.1. The first-order valence-corrected chi connectivity index (χ1v) is 1.90. The molecule has 2 nitrogen and oxygen atoms in total. The molecule has 0 atom stereocenters. The lowest BCUT2D eigenvalue weighted by Gasteiger charge is -1.89. The van der Waals surface area contributed by atoms with Crippen LogP contribution in [0.3, 0.4) is 0 Å². The van der Waals surface area contributed by atoms with Crippen LogP contribution in [-0.2, 0) is 9.53 Å². The molecule has 0 N–H and O–H groups in total. The van der Waals surface area contributed by atoms with Crippen LogP contribution in [0.25, 0.3) is 0 Å². The van der Waals surface area contributed by atoms with Gasteiger partial charge in [-0.05, 0) is 6.92 Å². The van der Waals surface area contributed by atoms with Crippen LogP contribution in [-0.4, -0.2) is 12.6 Å². The third kappa shape index (κ3) is 60.1. The predicted octanol–water partition coefficient (Wildman–Crippen LogP) is 2.34. The molecule has 6 heteroatoms. The fourth-order valence-corrected chi connectivity index (χ4v) is 0.203. The molecule has 0 fully saturated rings. The van der Waals surface area contributed by atoms with Crippen molar-refractivity contribution in [3.63, 3.8) is 0 Å². The summed E-state index contributed by atoms with van der Waals surface area (Å²) in [7, 11) is 0. The zero-order valence-electron chi connectivity index (χ0n) is 6.16. The largest absolute Gasteiger partial charge is 0.466 e. The molecule has 0 unspecified atom stereocenters. The smallest absolute Gasteiger partial charge is 0.302 e. The second-order valence-corrected chi connectivity index (χ2v) is 0.925. The van der Waals surface area contributed by atoms with Crippen molar-refractivity contribution in [1.82, 2.24) is 0 Å². The van der Waals surface area contributed by atoms with E-state index in [9.17, 15) is 4.79 Å². The van der Waals surface area contributed by atoms with Gasteiger partial charge < -0.3 is 4.74 Å². The Morgan fingerprint density at radius 3 is 1.45 bits per heavy atom. The van der Waals surface area contributed by atoms with Crippen molar-refractivity contribution < 1.29 is 9.53 Å². The summed E-state index contributed by atoms with van der Waals surface area (Å²) >= 11 is 0. The summed E-state index contributed by atoms with van der Waals surface area (Å²) in [6, 6.07) is 0. The van der Waals surface area contributed by atoms with Gasteiger partial charge in [0.25, 0.3) is 0 Å². The SMILES string of the molecule is CCOC(C)=O.Cl.Cl.Cl.Cl.[C]. The average Bonchev–Trinajstić information content (AvgIpc) is 1.35. The topological polar surface area (TPSA) is 26.3 Å². The van der Waals surface area contributed by atoms with Gasteiger partial charge in [-0.25, -0.2) is 0 Å². The highest BCUT2D eigenvalue weighted by Crippen LogP contribution is 1.69. The lowest BCUT2D eigenvalue weighted by atomic mass is 10.8. The van der Waals surface area contributed by atoms with Crippen LogP contribution in [0.5, 0.6) is 0 Å². The van der Waals surface area contributed by atoms with Crippen molar-refractivity contribution >= 4 is 55.6 Å². The third-order valence-electron chi connectivity index (χ3n) is 0.348. The van der Waals surface area contributed by atoms with Gasteiger partial charge >= 0.3 is 5.97 Å². The van der Waals surface area contributed by atoms with Crippen molar-refractivity contribution in [2.45, 2.75) is 13.8 Å². The molecule has 0 spiro atoms. The zero-order chi connectivity index (χ0) is 4.99. The first-order chi connectivity index (χ1) is 2.77. The Morgan fingerprint density at radius 1 is 1.18 bits per heavy atom. The van der Waals surface area contributed by atoms with Crippen LogP contribution < -0.4 is 0 Å². The Balaban J connectivity index is -0.0000000125. The van der Waals surface area contributed by atoms with Gasteiger partial charge in [-0.2, -0.15) is 0 Å². The molecule has 0 aromatic heterocycles. The number of ether oxygens (including phenoxy) is 1. The van der Waals surface area contributed by atoms with Crippen LogP contribution in [0.1, 0.15) is 13.8 Å². The van der Waals surface area contributed by atoms with Gasteiger partial charge in [0.05, 0.1) is 6.61 Å². The zero-order valence-corrected chi connectivity index (χ0v) is 9.42. The van der Waals surface area contributed by atoms with Crippen LogP contribution in [0.15, 0.2) is 0 Å². The number of halogens is 4. The van der Waals surface area contributed by atoms with Crippen molar-refractivity contribution in [3.8, 4) is 0 Å². The second-order valence-electron chi connectivity index (χ2n) is 0.925. The van der Waals surface area contributed by atoms with E-state index in [2.05, 4.69) is 4.74 Å². The highest BCUT2D eigenvalue weighted by molar-refractivity contribution is 5.86. The molecule has 0 bridgehead atoms. The molecule has 0 aliphatic heterocycles. The van der Waals surface area contributed by atoms with Crippen LogP contribution in [0.2, 0.25) is 0 Å². The summed E-state index contributed by atoms with van der Waals surface area (Å²) < 4.78 is 4.40. The first-order valence-electron chi connectivity index (χ1n) is 1.90. The summed E-state index contributed by atoms with van der Waals surface area (Å²) in [5, 5.41) is 0. The van der Waals surface area contributed by atoms with Crippen molar-refractivity contribution in [2.24, 2.45) is 0 Å². The Morgan fingerprint density at radius 2 is 1.45 bits per heavy atom. The Labute approximate surface area is 93.1 Å². The number of carbonyl (C=O) groups is 1. The molecular formula is C5H12Cl4O2. The summed E-state index contributed by atoms with van der Waals surface area (Å²) in [6.07, 6.45) is 0. The monoisotopic (exact) mass is 244 g/mol. The number of carbonyl (C=O) groups excluding carboxylic acids is 1. The van der Waals surface area contributed by atoms with E-state index in [-0.39, 0.29) is 63.0 Å². The van der Waals surface area contributed by atoms with Gasteiger partial charge in [0.2, 0.25) is 0 Å². The molecule has 4 radical (unpaired) electrons. The van der Waals surface area contributed by atoms with E-state index in [1.54, 1.807) is 6.92 Å². The van der Waals surface area contributed by atoms with E-state index in [0.29, 0.717) is 6.61 Å². The van der Waals surface area contributed by atoms with Gasteiger partial charge in [-0.1, -0.05) is 0 Å². The Bertz CT molecular complexity index is 60.4. The molecular weight excluding hydrogens is 234 g/mol. The number of esters is 1. The fraction of sp³-hybridized carbons (Fsp3) is 0.600. The number of hydrogen-bond acceptors (Lipinski definition) is 2. The molecule has 0 saturated heterocycles.